The zero-order valence-electron chi connectivity index (χ0n) is 17.1. The molecule has 0 aliphatic heterocycles. The zero-order chi connectivity index (χ0) is 24.6. The monoisotopic (exact) mass is 473 g/mol. The lowest BCUT2D eigenvalue weighted by Crippen LogP contribution is -2.72. The number of aromatic nitrogens is 3. The van der Waals surface area contributed by atoms with E-state index in [2.05, 4.69) is 4.98 Å². The van der Waals surface area contributed by atoms with Crippen LogP contribution >= 0.6 is 0 Å². The number of pyridine rings is 1. The second kappa shape index (κ2) is 8.30. The third kappa shape index (κ3) is 4.17. The Balaban J connectivity index is 2.18. The topological polar surface area (TPSA) is 81.0 Å². The van der Waals surface area contributed by atoms with Crippen LogP contribution in [-0.4, -0.2) is 38.3 Å². The van der Waals surface area contributed by atoms with E-state index in [0.29, 0.717) is 0 Å². The highest BCUT2D eigenvalue weighted by molar-refractivity contribution is 5.94. The van der Waals surface area contributed by atoms with Gasteiger partial charge in [-0.2, -0.15) is 26.3 Å². The molecule has 0 radical (unpaired) electrons. The van der Waals surface area contributed by atoms with Gasteiger partial charge in [0.1, 0.15) is 5.69 Å². The minimum atomic E-state index is -6.09. The summed E-state index contributed by atoms with van der Waals surface area (Å²) in [7, 11) is 1.30. The van der Waals surface area contributed by atoms with E-state index in [9.17, 15) is 35.9 Å². The van der Waals surface area contributed by atoms with Gasteiger partial charge in [-0.3, -0.25) is 19.3 Å². The van der Waals surface area contributed by atoms with Crippen LogP contribution in [0.5, 0.6) is 0 Å². The molecule has 176 valence electrons. The molecule has 0 aliphatic rings. The highest BCUT2D eigenvalue weighted by Crippen LogP contribution is 2.43. The van der Waals surface area contributed by atoms with Gasteiger partial charge in [-0.15, -0.1) is 0 Å². The molecule has 0 bridgehead atoms. The number of amides is 1. The molecule has 2 aromatic heterocycles. The number of nitrogens with zero attached hydrogens (tertiary/aromatic N) is 3. The van der Waals surface area contributed by atoms with E-state index >= 15 is 0 Å². The minimum absolute atomic E-state index is 0.213. The Morgan fingerprint density at radius 2 is 1.58 bits per heavy atom. The highest BCUT2D eigenvalue weighted by Gasteiger charge is 2.73. The third-order valence-electron chi connectivity index (χ3n) is 4.94. The smallest absolute Gasteiger partial charge is 0.342 e. The summed E-state index contributed by atoms with van der Waals surface area (Å²) in [6, 6.07) is 9.78. The minimum Gasteiger partial charge on any atom is -0.342 e. The van der Waals surface area contributed by atoms with Crippen LogP contribution in [-0.2, 0) is 7.05 Å². The molecule has 2 heterocycles. The molecule has 0 fully saturated rings. The number of carbonyl (C=O) groups is 1. The van der Waals surface area contributed by atoms with E-state index in [1.807, 2.05) is 0 Å². The summed E-state index contributed by atoms with van der Waals surface area (Å²) in [5, 5.41) is 2.28. The molecule has 0 saturated heterocycles. The molecule has 1 aromatic carbocycles. The van der Waals surface area contributed by atoms with Crippen molar-refractivity contribution in [3.63, 3.8) is 0 Å². The van der Waals surface area contributed by atoms with Crippen molar-refractivity contribution >= 4 is 11.6 Å². The number of carbonyl (C=O) groups excluding carboxylic acids is 1. The Labute approximate surface area is 182 Å². The van der Waals surface area contributed by atoms with Crippen LogP contribution in [0.3, 0.4) is 0 Å². The number of para-hydroxylation sites is 1. The summed E-state index contributed by atoms with van der Waals surface area (Å²) < 4.78 is 86.0. The summed E-state index contributed by atoms with van der Waals surface area (Å²) in [5.74, 6) is -1.69. The van der Waals surface area contributed by atoms with Gasteiger partial charge in [0.15, 0.2) is 0 Å². The lowest BCUT2D eigenvalue weighted by Gasteiger charge is -2.38. The maximum absolute atomic E-state index is 14.0. The number of nitrogens with one attached hydrogen (secondary N) is 2. The molecule has 0 spiro atoms. The van der Waals surface area contributed by atoms with E-state index in [1.54, 1.807) is 18.2 Å². The van der Waals surface area contributed by atoms with E-state index in [1.165, 1.54) is 43.7 Å². The zero-order valence-corrected chi connectivity index (χ0v) is 17.1. The van der Waals surface area contributed by atoms with Crippen molar-refractivity contribution in [1.82, 2.24) is 19.7 Å². The fourth-order valence-corrected chi connectivity index (χ4v) is 3.11. The molecule has 13 heteroatoms. The molecule has 1 amide bonds. The van der Waals surface area contributed by atoms with E-state index in [0.717, 1.165) is 26.9 Å². The summed E-state index contributed by atoms with van der Waals surface area (Å²) in [5.41, 5.74) is -7.67. The first-order valence-corrected chi connectivity index (χ1v) is 9.28. The average molecular weight is 473 g/mol. The Hall–Kier alpha value is -3.77. The number of halogens is 6. The van der Waals surface area contributed by atoms with Crippen LogP contribution in [0.1, 0.15) is 16.1 Å². The van der Waals surface area contributed by atoms with Crippen molar-refractivity contribution in [3.05, 3.63) is 76.5 Å². The fourth-order valence-electron chi connectivity index (χ4n) is 3.11. The average Bonchev–Trinajstić information content (AvgIpc) is 2.95. The summed E-state index contributed by atoms with van der Waals surface area (Å²) in [4.78, 5) is 28.8. The molecule has 0 atom stereocenters. The van der Waals surface area contributed by atoms with Crippen LogP contribution in [0.15, 0.2) is 59.7 Å². The van der Waals surface area contributed by atoms with Crippen LogP contribution < -0.4 is 16.2 Å². The molecular formula is C20H17F6N5O2. The van der Waals surface area contributed by atoms with Gasteiger partial charge >= 0.3 is 18.0 Å². The predicted octanol–water partition coefficient (Wildman–Crippen LogP) is 3.54. The SMILES string of the molecule is Cc1c(NC(NC(=O)c2cccnc2)(C(F)(F)F)C(F)(F)F)c(=O)n(-c2ccccc2)n1C. The normalized spacial score (nSPS) is 12.5. The summed E-state index contributed by atoms with van der Waals surface area (Å²) in [6.07, 6.45) is -10.2. The van der Waals surface area contributed by atoms with Gasteiger partial charge in [0.2, 0.25) is 0 Å². The van der Waals surface area contributed by atoms with Crippen molar-refractivity contribution in [2.75, 3.05) is 5.32 Å². The van der Waals surface area contributed by atoms with Gasteiger partial charge in [-0.05, 0) is 31.2 Å². The third-order valence-corrected chi connectivity index (χ3v) is 4.94. The second-order valence-electron chi connectivity index (χ2n) is 7.00. The number of rotatable bonds is 5. The molecule has 2 N–H and O–H groups in total. The fraction of sp³-hybridized carbons (Fsp3) is 0.250. The van der Waals surface area contributed by atoms with Crippen molar-refractivity contribution < 1.29 is 31.1 Å². The maximum atomic E-state index is 14.0. The molecule has 33 heavy (non-hydrogen) atoms. The van der Waals surface area contributed by atoms with Crippen molar-refractivity contribution in [2.24, 2.45) is 7.05 Å². The largest absolute Gasteiger partial charge is 0.439 e. The molecule has 3 rings (SSSR count). The van der Waals surface area contributed by atoms with Gasteiger partial charge in [-0.25, -0.2) is 4.68 Å². The van der Waals surface area contributed by atoms with Crippen LogP contribution in [0.2, 0.25) is 0 Å². The predicted molar refractivity (Wildman–Crippen MR) is 106 cm³/mol. The number of hydrogen-bond donors (Lipinski definition) is 2. The van der Waals surface area contributed by atoms with Crippen LogP contribution in [0, 0.1) is 6.92 Å². The van der Waals surface area contributed by atoms with Gasteiger partial charge in [0.25, 0.3) is 11.5 Å². The molecule has 3 aromatic rings. The lowest BCUT2D eigenvalue weighted by atomic mass is 10.1. The quantitative estimate of drug-likeness (QED) is 0.439. The summed E-state index contributed by atoms with van der Waals surface area (Å²) in [6.45, 7) is 1.17. The van der Waals surface area contributed by atoms with Gasteiger partial charge in [0, 0.05) is 19.4 Å². The molecule has 0 unspecified atom stereocenters. The summed E-state index contributed by atoms with van der Waals surface area (Å²) >= 11 is 0. The van der Waals surface area contributed by atoms with Crippen LogP contribution in [0.4, 0.5) is 32.0 Å². The maximum Gasteiger partial charge on any atom is 0.439 e. The lowest BCUT2D eigenvalue weighted by molar-refractivity contribution is -0.294. The van der Waals surface area contributed by atoms with E-state index < -0.39 is 40.7 Å². The highest BCUT2D eigenvalue weighted by atomic mass is 19.4. The molecular weight excluding hydrogens is 456 g/mol. The first-order chi connectivity index (χ1) is 15.3. The van der Waals surface area contributed by atoms with Crippen molar-refractivity contribution in [3.8, 4) is 5.69 Å². The Kier molecular flexibility index (Phi) is 6.00. The first kappa shape index (κ1) is 23.9. The molecule has 0 saturated carbocycles. The number of anilines is 1. The van der Waals surface area contributed by atoms with Crippen molar-refractivity contribution in [1.29, 1.82) is 0 Å². The van der Waals surface area contributed by atoms with Crippen molar-refractivity contribution in [2.45, 2.75) is 24.9 Å². The number of alkyl halides is 6. The van der Waals surface area contributed by atoms with E-state index in [-0.39, 0.29) is 11.4 Å². The van der Waals surface area contributed by atoms with Gasteiger partial charge in [0.05, 0.1) is 16.9 Å². The Morgan fingerprint density at radius 3 is 2.09 bits per heavy atom. The van der Waals surface area contributed by atoms with E-state index in [4.69, 9.17) is 0 Å². The molecule has 7 nitrogen and oxygen atoms in total. The van der Waals surface area contributed by atoms with Crippen LogP contribution in [0.25, 0.3) is 5.69 Å². The second-order valence-corrected chi connectivity index (χ2v) is 7.00. The Bertz CT molecular complexity index is 1190. The number of hydrogen-bond acceptors (Lipinski definition) is 4. The first-order valence-electron chi connectivity index (χ1n) is 9.28. The Morgan fingerprint density at radius 1 is 0.970 bits per heavy atom. The number of benzene rings is 1. The van der Waals surface area contributed by atoms with Gasteiger partial charge < -0.3 is 10.6 Å². The van der Waals surface area contributed by atoms with Gasteiger partial charge in [-0.1, -0.05) is 18.2 Å². The molecule has 0 aliphatic carbocycles. The standard InChI is InChI=1S/C20H17F6N5O2/c1-12-15(17(33)31(30(12)2)14-8-4-3-5-9-14)28-18(19(21,22)23,20(24,25)26)29-16(32)13-7-6-10-27-11-13/h3-11,28H,1-2H3,(H,29,32).